The van der Waals surface area contributed by atoms with Crippen LogP contribution in [0.25, 0.3) is 0 Å². The van der Waals surface area contributed by atoms with Crippen molar-refractivity contribution in [3.63, 3.8) is 0 Å². The fraction of sp³-hybridized carbons (Fsp3) is 0.841. The summed E-state index contributed by atoms with van der Waals surface area (Å²) in [6, 6.07) is 0. The van der Waals surface area contributed by atoms with Gasteiger partial charge in [-0.3, -0.25) is 13.8 Å². The smallest absolute Gasteiger partial charge is 0.472 e. The third kappa shape index (κ3) is 41.6. The Morgan fingerprint density at radius 1 is 0.585 bits per heavy atom. The molecule has 2 unspecified atom stereocenters. The van der Waals surface area contributed by atoms with Crippen LogP contribution in [0, 0.1) is 0 Å². The molecule has 0 rings (SSSR count). The van der Waals surface area contributed by atoms with E-state index in [4.69, 9.17) is 18.5 Å². The van der Waals surface area contributed by atoms with Gasteiger partial charge >= 0.3 is 13.8 Å². The van der Waals surface area contributed by atoms with Gasteiger partial charge in [-0.15, -0.1) is 0 Å². The summed E-state index contributed by atoms with van der Waals surface area (Å²) in [7, 11) is 1.66. The Kier molecular flexibility index (Phi) is 36.5. The number of unbranched alkanes of at least 4 members (excludes halogenated alkanes) is 22. The predicted octanol–water partition coefficient (Wildman–Crippen LogP) is 13.0. The van der Waals surface area contributed by atoms with Crippen LogP contribution in [-0.4, -0.2) is 69.0 Å². The molecular formula is C44H85NO7P+. The molecule has 0 aromatic rings. The molecule has 53 heavy (non-hydrogen) atoms. The fourth-order valence-electron chi connectivity index (χ4n) is 5.76. The Labute approximate surface area is 327 Å². The molecule has 0 spiro atoms. The molecule has 8 nitrogen and oxygen atoms in total. The minimum absolute atomic E-state index is 0.0560. The Bertz CT molecular complexity index is 947. The zero-order valence-corrected chi connectivity index (χ0v) is 36.1. The lowest BCUT2D eigenvalue weighted by Crippen LogP contribution is -2.37. The number of quaternary nitrogens is 1. The molecular weight excluding hydrogens is 685 g/mol. The number of likely N-dealkylation sites (N-methyl/N-ethyl adjacent to an activating group) is 1. The Morgan fingerprint density at radius 2 is 1.00 bits per heavy atom. The quantitative estimate of drug-likeness (QED) is 0.0166. The van der Waals surface area contributed by atoms with Crippen molar-refractivity contribution in [1.82, 2.24) is 0 Å². The minimum Gasteiger partial charge on any atom is -0.492 e. The maximum absolute atomic E-state index is 12.5. The van der Waals surface area contributed by atoms with E-state index in [1.54, 1.807) is 6.26 Å². The molecule has 0 aliphatic rings. The second-order valence-electron chi connectivity index (χ2n) is 15.8. The molecule has 0 saturated heterocycles. The maximum Gasteiger partial charge on any atom is 0.472 e. The highest BCUT2D eigenvalue weighted by molar-refractivity contribution is 7.47. The Balaban J connectivity index is 4.32. The summed E-state index contributed by atoms with van der Waals surface area (Å²) in [5.74, 6) is -0.288. The number of nitrogens with zero attached hydrogens (tertiary/aromatic N) is 1. The Hall–Kier alpha value is -1.44. The van der Waals surface area contributed by atoms with Crippen LogP contribution in [0.2, 0.25) is 0 Å². The zero-order valence-electron chi connectivity index (χ0n) is 35.3. The van der Waals surface area contributed by atoms with Gasteiger partial charge in [0.1, 0.15) is 19.8 Å². The first-order valence-electron chi connectivity index (χ1n) is 21.8. The van der Waals surface area contributed by atoms with Gasteiger partial charge in [0.05, 0.1) is 34.0 Å². The summed E-state index contributed by atoms with van der Waals surface area (Å²) in [5, 5.41) is 0. The molecule has 0 aliphatic heterocycles. The van der Waals surface area contributed by atoms with E-state index in [1.807, 2.05) is 27.2 Å². The molecule has 0 aromatic carbocycles. The van der Waals surface area contributed by atoms with E-state index in [2.05, 4.69) is 38.2 Å². The molecule has 0 aliphatic carbocycles. The summed E-state index contributed by atoms with van der Waals surface area (Å²) in [4.78, 5) is 22.6. The molecule has 0 saturated carbocycles. The molecule has 2 atom stereocenters. The van der Waals surface area contributed by atoms with Crippen LogP contribution >= 0.6 is 7.82 Å². The van der Waals surface area contributed by atoms with Crippen molar-refractivity contribution in [3.8, 4) is 0 Å². The minimum atomic E-state index is -4.27. The second-order valence-corrected chi connectivity index (χ2v) is 17.2. The van der Waals surface area contributed by atoms with Gasteiger partial charge in [-0.2, -0.15) is 0 Å². The monoisotopic (exact) mass is 771 g/mol. The van der Waals surface area contributed by atoms with E-state index >= 15 is 0 Å². The number of carbonyl (C=O) groups is 1. The lowest BCUT2D eigenvalue weighted by molar-refractivity contribution is -0.870. The van der Waals surface area contributed by atoms with Crippen LogP contribution in [0.3, 0.4) is 0 Å². The number of phosphoric ester groups is 1. The van der Waals surface area contributed by atoms with Gasteiger partial charge in [-0.05, 0) is 76.7 Å². The molecule has 9 heteroatoms. The van der Waals surface area contributed by atoms with Crippen molar-refractivity contribution in [2.75, 3.05) is 47.5 Å². The SMILES string of the molecule is CCCCCCCC/C=C\CCCCCC/C=C\OC(COC(=O)CCCCCCC/C=C\CCCCCCCC)COP(=O)(O)OCC[N+](C)(C)C. The highest BCUT2D eigenvalue weighted by Gasteiger charge is 2.25. The number of ether oxygens (including phenoxy) is 2. The van der Waals surface area contributed by atoms with Crippen LogP contribution in [0.4, 0.5) is 0 Å². The zero-order chi connectivity index (χ0) is 39.1. The van der Waals surface area contributed by atoms with Crippen molar-refractivity contribution in [3.05, 3.63) is 36.6 Å². The molecule has 312 valence electrons. The van der Waals surface area contributed by atoms with Gasteiger partial charge in [0, 0.05) is 6.42 Å². The fourth-order valence-corrected chi connectivity index (χ4v) is 6.50. The number of carbonyl (C=O) groups excluding carboxylic acids is 1. The first-order valence-corrected chi connectivity index (χ1v) is 23.3. The average Bonchev–Trinajstić information content (AvgIpc) is 3.11. The van der Waals surface area contributed by atoms with Crippen LogP contribution in [-0.2, 0) is 27.9 Å². The van der Waals surface area contributed by atoms with Crippen LogP contribution in [0.5, 0.6) is 0 Å². The largest absolute Gasteiger partial charge is 0.492 e. The molecule has 0 aromatic heterocycles. The van der Waals surface area contributed by atoms with E-state index in [1.165, 1.54) is 116 Å². The summed E-state index contributed by atoms with van der Waals surface area (Å²) in [5.41, 5.74) is 0. The van der Waals surface area contributed by atoms with E-state index < -0.39 is 13.9 Å². The summed E-state index contributed by atoms with van der Waals surface area (Å²) in [6.45, 7) is 4.88. The van der Waals surface area contributed by atoms with Crippen LogP contribution < -0.4 is 0 Å². The number of phosphoric acid groups is 1. The molecule has 0 radical (unpaired) electrons. The van der Waals surface area contributed by atoms with Crippen molar-refractivity contribution in [1.29, 1.82) is 0 Å². The molecule has 1 N–H and O–H groups in total. The second kappa shape index (κ2) is 37.5. The van der Waals surface area contributed by atoms with Gasteiger partial charge in [0.25, 0.3) is 0 Å². The van der Waals surface area contributed by atoms with Gasteiger partial charge in [-0.1, -0.05) is 134 Å². The standard InChI is InChI=1S/C44H84NO7P/c1-6-8-10-12-14-16-18-20-22-24-26-28-30-32-34-36-39-49-43(42-52-53(47,48)51-40-38-45(3,4)5)41-50-44(46)37-35-33-31-29-27-25-23-21-19-17-15-13-11-9-7-2/h20-23,36,39,43H,6-19,24-35,37-38,40-42H2,1-5H3/p+1/b22-20-,23-21-,39-36-. The number of rotatable bonds is 40. The van der Waals surface area contributed by atoms with Gasteiger partial charge in [-0.25, -0.2) is 4.57 Å². The molecule has 0 amide bonds. The Morgan fingerprint density at radius 3 is 1.45 bits per heavy atom. The first kappa shape index (κ1) is 51.6. The lowest BCUT2D eigenvalue weighted by atomic mass is 10.1. The van der Waals surface area contributed by atoms with Crippen molar-refractivity contribution in [2.24, 2.45) is 0 Å². The molecule has 0 fully saturated rings. The van der Waals surface area contributed by atoms with Crippen LogP contribution in [0.1, 0.15) is 187 Å². The van der Waals surface area contributed by atoms with E-state index in [9.17, 15) is 14.3 Å². The number of allylic oxidation sites excluding steroid dienone is 5. The van der Waals surface area contributed by atoms with Gasteiger partial charge in [0.15, 0.2) is 6.10 Å². The summed E-state index contributed by atoms with van der Waals surface area (Å²) < 4.78 is 34.7. The molecule has 0 bridgehead atoms. The van der Waals surface area contributed by atoms with Crippen molar-refractivity contribution < 1.29 is 37.3 Å². The maximum atomic E-state index is 12.5. The van der Waals surface area contributed by atoms with E-state index in [-0.39, 0.29) is 25.8 Å². The number of esters is 1. The number of hydrogen-bond acceptors (Lipinski definition) is 6. The number of hydrogen-bond donors (Lipinski definition) is 1. The highest BCUT2D eigenvalue weighted by atomic mass is 31.2. The van der Waals surface area contributed by atoms with Gasteiger partial charge < -0.3 is 18.9 Å². The average molecular weight is 771 g/mol. The summed E-state index contributed by atoms with van der Waals surface area (Å²) in [6.07, 6.45) is 44.2. The topological polar surface area (TPSA) is 91.3 Å². The summed E-state index contributed by atoms with van der Waals surface area (Å²) >= 11 is 0. The predicted molar refractivity (Wildman–Crippen MR) is 224 cm³/mol. The lowest BCUT2D eigenvalue weighted by Gasteiger charge is -2.24. The highest BCUT2D eigenvalue weighted by Crippen LogP contribution is 2.43. The van der Waals surface area contributed by atoms with E-state index in [0.717, 1.165) is 51.4 Å². The van der Waals surface area contributed by atoms with Crippen LogP contribution in [0.15, 0.2) is 36.6 Å². The van der Waals surface area contributed by atoms with Crippen molar-refractivity contribution >= 4 is 13.8 Å². The van der Waals surface area contributed by atoms with Crippen molar-refractivity contribution in [2.45, 2.75) is 193 Å². The molecule has 0 heterocycles. The third-order valence-electron chi connectivity index (χ3n) is 9.26. The van der Waals surface area contributed by atoms with E-state index in [0.29, 0.717) is 17.4 Å². The normalized spacial score (nSPS) is 14.1. The van der Waals surface area contributed by atoms with Gasteiger partial charge in [0.2, 0.25) is 0 Å². The first-order chi connectivity index (χ1) is 25.6. The third-order valence-corrected chi connectivity index (χ3v) is 10.2.